The molecular weight excluding hydrogens is 332 g/mol. The van der Waals surface area contributed by atoms with E-state index in [1.165, 1.54) is 0 Å². The van der Waals surface area contributed by atoms with Crippen molar-refractivity contribution in [3.8, 4) is 0 Å². The number of aromatic nitrogens is 2. The maximum absolute atomic E-state index is 11.7. The summed E-state index contributed by atoms with van der Waals surface area (Å²) in [7, 11) is 0. The number of rotatable bonds is 6. The highest BCUT2D eigenvalue weighted by Gasteiger charge is 2.54. The van der Waals surface area contributed by atoms with Crippen molar-refractivity contribution in [3.63, 3.8) is 0 Å². The average Bonchev–Trinajstić information content (AvgIpc) is 3.33. The number of aliphatic hydroxyl groups is 1. The van der Waals surface area contributed by atoms with Crippen LogP contribution in [0.15, 0.2) is 67.8 Å². The second-order valence-corrected chi connectivity index (χ2v) is 7.81. The van der Waals surface area contributed by atoms with E-state index in [0.29, 0.717) is 16.9 Å². The molecule has 1 N–H and O–H groups in total. The maximum Gasteiger partial charge on any atom is 0.0952 e. The van der Waals surface area contributed by atoms with Gasteiger partial charge in [-0.05, 0) is 48.8 Å². The predicted octanol–water partition coefficient (Wildman–Crippen LogP) is 4.65. The molecule has 1 aromatic heterocycles. The molecule has 4 heteroatoms. The molecule has 0 saturated heterocycles. The molecule has 2 bridgehead atoms. The van der Waals surface area contributed by atoms with Gasteiger partial charge < -0.3 is 9.67 Å². The third-order valence-electron chi connectivity index (χ3n) is 6.00. The Labute approximate surface area is 153 Å². The van der Waals surface area contributed by atoms with E-state index in [0.717, 1.165) is 24.8 Å². The summed E-state index contributed by atoms with van der Waals surface area (Å²) >= 11 is 6.24. The van der Waals surface area contributed by atoms with Gasteiger partial charge in [-0.15, -0.1) is 6.58 Å². The molecule has 0 spiro atoms. The van der Waals surface area contributed by atoms with Gasteiger partial charge >= 0.3 is 0 Å². The van der Waals surface area contributed by atoms with Gasteiger partial charge in [0.15, 0.2) is 0 Å². The van der Waals surface area contributed by atoms with Crippen LogP contribution in [-0.4, -0.2) is 20.8 Å². The molecule has 130 valence electrons. The van der Waals surface area contributed by atoms with Crippen molar-refractivity contribution >= 4 is 11.6 Å². The maximum atomic E-state index is 11.7. The van der Waals surface area contributed by atoms with Crippen molar-refractivity contribution in [3.05, 3.63) is 78.4 Å². The van der Waals surface area contributed by atoms with E-state index in [1.54, 1.807) is 12.5 Å². The molecule has 25 heavy (non-hydrogen) atoms. The standard InChI is InChI=1S/C21H23ClN2O/c1-2-8-21(13-15-6-7-17(21)11-15)20(25)19(24-10-9-23-14-24)16-4-3-5-18(22)12-16/h2-7,9-10,12,14-15,17,19-20,25H,1,8,11,13H2. The van der Waals surface area contributed by atoms with Crippen LogP contribution in [0.1, 0.15) is 30.9 Å². The largest absolute Gasteiger partial charge is 0.390 e. The highest BCUT2D eigenvalue weighted by atomic mass is 35.5. The first kappa shape index (κ1) is 16.6. The van der Waals surface area contributed by atoms with Gasteiger partial charge in [-0.3, -0.25) is 0 Å². The summed E-state index contributed by atoms with van der Waals surface area (Å²) < 4.78 is 2.00. The zero-order valence-corrected chi connectivity index (χ0v) is 14.9. The number of fused-ring (bicyclic) bond motifs is 2. The minimum atomic E-state index is -0.543. The van der Waals surface area contributed by atoms with Crippen LogP contribution in [0.5, 0.6) is 0 Å². The third kappa shape index (κ3) is 2.76. The van der Waals surface area contributed by atoms with Crippen LogP contribution in [0.25, 0.3) is 0 Å². The SMILES string of the molecule is C=CCC1(C(O)C(c2cccc(Cl)c2)n2ccnc2)CC2C=CC1C2. The molecule has 2 aromatic rings. The van der Waals surface area contributed by atoms with Crippen LogP contribution in [0.2, 0.25) is 5.02 Å². The minimum Gasteiger partial charge on any atom is -0.390 e. The molecule has 1 saturated carbocycles. The highest BCUT2D eigenvalue weighted by Crippen LogP contribution is 2.58. The second kappa shape index (κ2) is 6.47. The number of hydrogen-bond acceptors (Lipinski definition) is 2. The Morgan fingerprint density at radius 2 is 2.32 bits per heavy atom. The van der Waals surface area contributed by atoms with Gasteiger partial charge in [0.05, 0.1) is 18.5 Å². The van der Waals surface area contributed by atoms with E-state index in [2.05, 4.69) is 23.7 Å². The van der Waals surface area contributed by atoms with Crippen LogP contribution in [0.3, 0.4) is 0 Å². The molecule has 3 nitrogen and oxygen atoms in total. The lowest BCUT2D eigenvalue weighted by Crippen LogP contribution is -2.44. The zero-order valence-electron chi connectivity index (χ0n) is 14.1. The fourth-order valence-corrected chi connectivity index (χ4v) is 5.11. The Bertz CT molecular complexity index is 785. The van der Waals surface area contributed by atoms with Gasteiger partial charge in [0.25, 0.3) is 0 Å². The summed E-state index contributed by atoms with van der Waals surface area (Å²) in [5, 5.41) is 12.3. The second-order valence-electron chi connectivity index (χ2n) is 7.37. The van der Waals surface area contributed by atoms with Crippen molar-refractivity contribution in [1.82, 2.24) is 9.55 Å². The molecule has 1 heterocycles. The lowest BCUT2D eigenvalue weighted by molar-refractivity contribution is -0.0201. The first-order valence-corrected chi connectivity index (χ1v) is 9.22. The number of aliphatic hydroxyl groups excluding tert-OH is 1. The zero-order chi connectivity index (χ0) is 17.4. The Balaban J connectivity index is 1.79. The molecule has 1 fully saturated rings. The van der Waals surface area contributed by atoms with E-state index >= 15 is 0 Å². The number of hydrogen-bond donors (Lipinski definition) is 1. The van der Waals surface area contributed by atoms with Gasteiger partial charge in [0.1, 0.15) is 0 Å². The Morgan fingerprint density at radius 3 is 2.92 bits per heavy atom. The van der Waals surface area contributed by atoms with Crippen molar-refractivity contribution in [2.24, 2.45) is 17.3 Å². The summed E-state index contributed by atoms with van der Waals surface area (Å²) in [5.41, 5.74) is 0.825. The van der Waals surface area contributed by atoms with E-state index in [9.17, 15) is 5.11 Å². The van der Waals surface area contributed by atoms with Crippen LogP contribution in [0, 0.1) is 17.3 Å². The Kier molecular flexibility index (Phi) is 4.30. The number of imidazole rings is 1. The van der Waals surface area contributed by atoms with Crippen LogP contribution in [-0.2, 0) is 0 Å². The fourth-order valence-electron chi connectivity index (χ4n) is 4.91. The molecule has 5 atom stereocenters. The number of allylic oxidation sites excluding steroid dienone is 3. The summed E-state index contributed by atoms with van der Waals surface area (Å²) in [6.07, 6.45) is 14.4. The predicted molar refractivity (Wildman–Crippen MR) is 100 cm³/mol. The van der Waals surface area contributed by atoms with E-state index in [1.807, 2.05) is 41.1 Å². The van der Waals surface area contributed by atoms with Crippen molar-refractivity contribution < 1.29 is 5.11 Å². The monoisotopic (exact) mass is 354 g/mol. The van der Waals surface area contributed by atoms with Crippen molar-refractivity contribution in [2.75, 3.05) is 0 Å². The van der Waals surface area contributed by atoms with Gasteiger partial charge in [-0.2, -0.15) is 0 Å². The van der Waals surface area contributed by atoms with Crippen molar-refractivity contribution in [1.29, 1.82) is 0 Å². The van der Waals surface area contributed by atoms with Crippen LogP contribution < -0.4 is 0 Å². The number of nitrogens with zero attached hydrogens (tertiary/aromatic N) is 2. The molecule has 0 radical (unpaired) electrons. The Hall–Kier alpha value is -1.84. The number of benzene rings is 1. The molecular formula is C21H23ClN2O. The van der Waals surface area contributed by atoms with Gasteiger partial charge in [0.2, 0.25) is 0 Å². The summed E-state index contributed by atoms with van der Waals surface area (Å²) in [4.78, 5) is 4.20. The van der Waals surface area contributed by atoms with Gasteiger partial charge in [0, 0.05) is 22.8 Å². The average molecular weight is 355 g/mol. The van der Waals surface area contributed by atoms with E-state index in [-0.39, 0.29) is 11.5 Å². The van der Waals surface area contributed by atoms with Crippen LogP contribution >= 0.6 is 11.6 Å². The van der Waals surface area contributed by atoms with Crippen LogP contribution in [0.4, 0.5) is 0 Å². The lowest BCUT2D eigenvalue weighted by Gasteiger charge is -2.43. The first-order valence-electron chi connectivity index (χ1n) is 8.84. The quantitative estimate of drug-likeness (QED) is 0.767. The van der Waals surface area contributed by atoms with Gasteiger partial charge in [-0.25, -0.2) is 4.98 Å². The van der Waals surface area contributed by atoms with Gasteiger partial charge in [-0.1, -0.05) is 42.0 Å². The van der Waals surface area contributed by atoms with E-state index < -0.39 is 6.10 Å². The smallest absolute Gasteiger partial charge is 0.0952 e. The lowest BCUT2D eigenvalue weighted by atomic mass is 9.66. The first-order chi connectivity index (χ1) is 12.1. The molecule has 0 aliphatic heterocycles. The van der Waals surface area contributed by atoms with Crippen molar-refractivity contribution in [2.45, 2.75) is 31.4 Å². The minimum absolute atomic E-state index is 0.182. The number of halogens is 1. The molecule has 2 aliphatic rings. The normalized spacial score (nSPS) is 29.7. The van der Waals surface area contributed by atoms with E-state index in [4.69, 9.17) is 11.6 Å². The molecule has 1 aromatic carbocycles. The summed E-state index contributed by atoms with van der Waals surface area (Å²) in [6.45, 7) is 3.97. The molecule has 0 amide bonds. The summed E-state index contributed by atoms with van der Waals surface area (Å²) in [5.74, 6) is 0.970. The highest BCUT2D eigenvalue weighted by molar-refractivity contribution is 6.30. The molecule has 5 unspecified atom stereocenters. The Morgan fingerprint density at radius 1 is 1.44 bits per heavy atom. The fraction of sp³-hybridized carbons (Fsp3) is 0.381. The topological polar surface area (TPSA) is 38.0 Å². The molecule has 4 rings (SSSR count). The molecule has 2 aliphatic carbocycles. The summed E-state index contributed by atoms with van der Waals surface area (Å²) in [6, 6.07) is 7.57. The third-order valence-corrected chi connectivity index (χ3v) is 6.24.